The Balaban J connectivity index is 1.73. The fraction of sp³-hybridized carbons (Fsp3) is 0.417. The second kappa shape index (κ2) is 11.2. The zero-order chi connectivity index (χ0) is 24.0. The number of carbonyl (C=O) groups excluding carboxylic acids is 2. The number of nitrogens with one attached hydrogen (secondary N) is 1. The highest BCUT2D eigenvalue weighted by Gasteiger charge is 2.39. The number of thioether (sulfide) groups is 1. The molecule has 0 unspecified atom stereocenters. The highest BCUT2D eigenvalue weighted by molar-refractivity contribution is 7.99. The summed E-state index contributed by atoms with van der Waals surface area (Å²) >= 11 is 1.52. The van der Waals surface area contributed by atoms with Crippen LogP contribution in [0, 0.1) is 12.8 Å². The van der Waals surface area contributed by atoms with Crippen molar-refractivity contribution in [3.8, 4) is 0 Å². The fourth-order valence-corrected chi connectivity index (χ4v) is 6.34. The number of amides is 1. The largest absolute Gasteiger partial charge is 0.459 e. The molecule has 0 aliphatic carbocycles. The minimum absolute atomic E-state index is 0.103. The molecule has 0 saturated carbocycles. The monoisotopic (exact) mass is 490 g/mol. The van der Waals surface area contributed by atoms with Crippen LogP contribution < -0.4 is 5.32 Å². The van der Waals surface area contributed by atoms with Crippen LogP contribution in [0.2, 0.25) is 0 Å². The summed E-state index contributed by atoms with van der Waals surface area (Å²) in [5.74, 6) is -0.343. The van der Waals surface area contributed by atoms with Gasteiger partial charge in [0, 0.05) is 18.1 Å². The van der Waals surface area contributed by atoms with Crippen molar-refractivity contribution in [3.63, 3.8) is 0 Å². The number of benzene rings is 2. The molecule has 9 heteroatoms. The Kier molecular flexibility index (Phi) is 8.56. The summed E-state index contributed by atoms with van der Waals surface area (Å²) in [5.41, 5.74) is 1.80. The fourth-order valence-electron chi connectivity index (χ4n) is 3.49. The molecule has 1 amide bonds. The average molecular weight is 491 g/mol. The minimum Gasteiger partial charge on any atom is -0.459 e. The zero-order valence-electron chi connectivity index (χ0n) is 19.1. The van der Waals surface area contributed by atoms with Gasteiger partial charge in [-0.1, -0.05) is 61.9 Å². The number of hydrogen-bond donors (Lipinski definition) is 1. The van der Waals surface area contributed by atoms with Crippen LogP contribution in [0.3, 0.4) is 0 Å². The molecule has 0 spiro atoms. The number of esters is 1. The van der Waals surface area contributed by atoms with Gasteiger partial charge in [0.2, 0.25) is 15.9 Å². The SMILES string of the molecule is Cc1ccc(S(=O)(=O)N2CCSC[C@H]2C(=O)N[C@H](C(=O)OCc2ccccc2)C(C)C)cc1. The molecule has 1 heterocycles. The van der Waals surface area contributed by atoms with Crippen molar-refractivity contribution in [1.29, 1.82) is 0 Å². The van der Waals surface area contributed by atoms with Gasteiger partial charge in [0.15, 0.2) is 0 Å². The van der Waals surface area contributed by atoms with Crippen LogP contribution in [0.5, 0.6) is 0 Å². The number of aryl methyl sites for hydroxylation is 1. The van der Waals surface area contributed by atoms with E-state index in [0.29, 0.717) is 11.5 Å². The molecule has 178 valence electrons. The van der Waals surface area contributed by atoms with Crippen LogP contribution in [0.15, 0.2) is 59.5 Å². The Labute approximate surface area is 199 Å². The van der Waals surface area contributed by atoms with E-state index >= 15 is 0 Å². The Bertz CT molecular complexity index is 1060. The van der Waals surface area contributed by atoms with Crippen molar-refractivity contribution < 1.29 is 22.7 Å². The lowest BCUT2D eigenvalue weighted by molar-refractivity contribution is -0.150. The van der Waals surface area contributed by atoms with Gasteiger partial charge in [0.25, 0.3) is 0 Å². The van der Waals surface area contributed by atoms with Gasteiger partial charge in [0.1, 0.15) is 18.7 Å². The molecule has 2 aromatic carbocycles. The molecule has 7 nitrogen and oxygen atoms in total. The molecule has 1 fully saturated rings. The average Bonchev–Trinajstić information content (AvgIpc) is 2.81. The van der Waals surface area contributed by atoms with E-state index in [1.54, 1.807) is 24.3 Å². The number of hydrogen-bond acceptors (Lipinski definition) is 6. The van der Waals surface area contributed by atoms with Crippen LogP contribution in [-0.4, -0.2) is 54.7 Å². The highest BCUT2D eigenvalue weighted by Crippen LogP contribution is 2.25. The first-order valence-electron chi connectivity index (χ1n) is 10.9. The molecular weight excluding hydrogens is 460 g/mol. The van der Waals surface area contributed by atoms with Gasteiger partial charge in [0.05, 0.1) is 4.90 Å². The minimum atomic E-state index is -3.85. The number of carbonyl (C=O) groups is 2. The Morgan fingerprint density at radius 1 is 1.12 bits per heavy atom. The number of ether oxygens (including phenoxy) is 1. The maximum Gasteiger partial charge on any atom is 0.329 e. The molecule has 2 atom stereocenters. The van der Waals surface area contributed by atoms with E-state index in [1.165, 1.54) is 16.1 Å². The standard InChI is InChI=1S/C24H30N2O5S2/c1-17(2)22(24(28)31-15-19-7-5-4-6-8-19)25-23(27)21-16-32-14-13-26(21)33(29,30)20-11-9-18(3)10-12-20/h4-12,17,21-22H,13-16H2,1-3H3,(H,25,27)/t21-,22-/m0/s1. The van der Waals surface area contributed by atoms with Crippen LogP contribution >= 0.6 is 11.8 Å². The van der Waals surface area contributed by atoms with Gasteiger partial charge >= 0.3 is 5.97 Å². The topological polar surface area (TPSA) is 92.8 Å². The predicted molar refractivity (Wildman–Crippen MR) is 129 cm³/mol. The lowest BCUT2D eigenvalue weighted by Crippen LogP contribution is -2.57. The first kappa shape index (κ1) is 25.3. The molecule has 3 rings (SSSR count). The molecule has 0 radical (unpaired) electrons. The van der Waals surface area contributed by atoms with Gasteiger partial charge in [-0.05, 0) is 30.5 Å². The van der Waals surface area contributed by atoms with E-state index in [1.807, 2.05) is 51.1 Å². The van der Waals surface area contributed by atoms with Crippen molar-refractivity contribution >= 4 is 33.7 Å². The summed E-state index contributed by atoms with van der Waals surface area (Å²) in [7, 11) is -3.85. The van der Waals surface area contributed by atoms with Gasteiger partial charge in [-0.3, -0.25) is 4.79 Å². The number of sulfonamides is 1. The second-order valence-electron chi connectivity index (χ2n) is 8.34. The highest BCUT2D eigenvalue weighted by atomic mass is 32.2. The van der Waals surface area contributed by atoms with Crippen LogP contribution in [0.25, 0.3) is 0 Å². The summed E-state index contributed by atoms with van der Waals surface area (Å²) in [6, 6.07) is 14.1. The molecule has 33 heavy (non-hydrogen) atoms. The smallest absolute Gasteiger partial charge is 0.329 e. The lowest BCUT2D eigenvalue weighted by atomic mass is 10.0. The third kappa shape index (κ3) is 6.37. The van der Waals surface area contributed by atoms with Crippen LogP contribution in [0.1, 0.15) is 25.0 Å². The first-order chi connectivity index (χ1) is 15.7. The Morgan fingerprint density at radius 2 is 1.79 bits per heavy atom. The maximum absolute atomic E-state index is 13.3. The molecule has 1 N–H and O–H groups in total. The van der Waals surface area contributed by atoms with Gasteiger partial charge < -0.3 is 10.1 Å². The molecule has 0 bridgehead atoms. The predicted octanol–water partition coefficient (Wildman–Crippen LogP) is 2.99. The van der Waals surface area contributed by atoms with E-state index in [9.17, 15) is 18.0 Å². The van der Waals surface area contributed by atoms with Gasteiger partial charge in [-0.2, -0.15) is 16.1 Å². The molecule has 1 saturated heterocycles. The Hall–Kier alpha value is -2.36. The summed E-state index contributed by atoms with van der Waals surface area (Å²) in [6.07, 6.45) is 0. The maximum atomic E-state index is 13.3. The summed E-state index contributed by atoms with van der Waals surface area (Å²) in [6.45, 7) is 5.83. The van der Waals surface area contributed by atoms with E-state index in [4.69, 9.17) is 4.74 Å². The third-order valence-corrected chi connectivity index (χ3v) is 8.40. The first-order valence-corrected chi connectivity index (χ1v) is 13.5. The molecule has 0 aromatic heterocycles. The molecular formula is C24H30N2O5S2. The van der Waals surface area contributed by atoms with E-state index in [2.05, 4.69) is 5.32 Å². The summed E-state index contributed by atoms with van der Waals surface area (Å²) in [4.78, 5) is 26.1. The van der Waals surface area contributed by atoms with Gasteiger partial charge in [-0.15, -0.1) is 0 Å². The lowest BCUT2D eigenvalue weighted by Gasteiger charge is -2.34. The van der Waals surface area contributed by atoms with Crippen molar-refractivity contribution in [1.82, 2.24) is 9.62 Å². The molecule has 1 aliphatic rings. The third-order valence-electron chi connectivity index (χ3n) is 5.45. The molecule has 1 aliphatic heterocycles. The molecule has 2 aromatic rings. The number of nitrogens with zero attached hydrogens (tertiary/aromatic N) is 1. The Morgan fingerprint density at radius 3 is 2.42 bits per heavy atom. The van der Waals surface area contributed by atoms with Crippen LogP contribution in [-0.2, 0) is 31.0 Å². The summed E-state index contributed by atoms with van der Waals surface area (Å²) in [5, 5.41) is 2.75. The van der Waals surface area contributed by atoms with Crippen LogP contribution in [0.4, 0.5) is 0 Å². The van der Waals surface area contributed by atoms with E-state index in [-0.39, 0.29) is 24.0 Å². The quantitative estimate of drug-likeness (QED) is 0.572. The van der Waals surface area contributed by atoms with E-state index in [0.717, 1.165) is 11.1 Å². The van der Waals surface area contributed by atoms with Crippen molar-refractivity contribution in [2.75, 3.05) is 18.1 Å². The number of rotatable bonds is 8. The van der Waals surface area contributed by atoms with Crippen molar-refractivity contribution in [3.05, 3.63) is 65.7 Å². The summed E-state index contributed by atoms with van der Waals surface area (Å²) < 4.78 is 33.2. The second-order valence-corrected chi connectivity index (χ2v) is 11.4. The normalized spacial score (nSPS) is 18.0. The van der Waals surface area contributed by atoms with Gasteiger partial charge in [-0.25, -0.2) is 13.2 Å². The van der Waals surface area contributed by atoms with Crippen molar-refractivity contribution in [2.45, 2.75) is 44.4 Å². The van der Waals surface area contributed by atoms with Crippen molar-refractivity contribution in [2.24, 2.45) is 5.92 Å². The zero-order valence-corrected chi connectivity index (χ0v) is 20.7. The van der Waals surface area contributed by atoms with E-state index < -0.39 is 34.0 Å².